The number of nitrogens with one attached hydrogen (secondary N) is 2. The summed E-state index contributed by atoms with van der Waals surface area (Å²) in [5, 5.41) is 14.9. The molecule has 21 heavy (non-hydrogen) atoms. The molecule has 1 aliphatic carbocycles. The Labute approximate surface area is 127 Å². The highest BCUT2D eigenvalue weighted by molar-refractivity contribution is 5.88. The third kappa shape index (κ3) is 5.87. The van der Waals surface area contributed by atoms with E-state index < -0.39 is 6.04 Å². The van der Waals surface area contributed by atoms with Crippen LogP contribution in [0.3, 0.4) is 0 Å². The second-order valence-corrected chi connectivity index (χ2v) is 6.57. The molecule has 0 saturated carbocycles. The van der Waals surface area contributed by atoms with Crippen molar-refractivity contribution in [2.45, 2.75) is 52.6 Å². The van der Waals surface area contributed by atoms with E-state index in [0.29, 0.717) is 12.8 Å². The molecule has 0 radical (unpaired) electrons. The van der Waals surface area contributed by atoms with Gasteiger partial charge in [0.25, 0.3) is 0 Å². The molecule has 3 atom stereocenters. The van der Waals surface area contributed by atoms with Crippen LogP contribution < -0.4 is 10.6 Å². The predicted octanol–water partition coefficient (Wildman–Crippen LogP) is 1.23. The van der Waals surface area contributed by atoms with Crippen LogP contribution in [0.15, 0.2) is 12.2 Å². The Balaban J connectivity index is 2.54. The Morgan fingerprint density at radius 2 is 1.90 bits per heavy atom. The van der Waals surface area contributed by atoms with Gasteiger partial charge >= 0.3 is 0 Å². The van der Waals surface area contributed by atoms with Crippen molar-refractivity contribution < 1.29 is 14.7 Å². The Morgan fingerprint density at radius 1 is 1.24 bits per heavy atom. The molecule has 1 unspecified atom stereocenters. The Morgan fingerprint density at radius 3 is 2.38 bits per heavy atom. The second-order valence-electron chi connectivity index (χ2n) is 6.57. The third-order valence-corrected chi connectivity index (χ3v) is 3.59. The third-order valence-electron chi connectivity index (χ3n) is 3.59. The van der Waals surface area contributed by atoms with Gasteiger partial charge in [0.15, 0.2) is 0 Å². The first-order valence-electron chi connectivity index (χ1n) is 7.72. The van der Waals surface area contributed by atoms with Crippen LogP contribution in [0, 0.1) is 17.8 Å². The Bertz CT molecular complexity index is 391. The van der Waals surface area contributed by atoms with Gasteiger partial charge in [-0.15, -0.1) is 0 Å². The SMILES string of the molecule is CC(C)CC(=O)NC(C(=O)N[C@@H]1C=C[C@H](CO)C1)C(C)C. The van der Waals surface area contributed by atoms with Crippen molar-refractivity contribution in [2.75, 3.05) is 6.61 Å². The lowest BCUT2D eigenvalue weighted by atomic mass is 10.0. The molecule has 5 heteroatoms. The van der Waals surface area contributed by atoms with E-state index in [1.807, 2.05) is 39.8 Å². The Kier molecular flexibility index (Phi) is 6.89. The van der Waals surface area contributed by atoms with Gasteiger partial charge in [0.2, 0.25) is 11.8 Å². The van der Waals surface area contributed by atoms with Gasteiger partial charge in [-0.25, -0.2) is 0 Å². The first kappa shape index (κ1) is 17.7. The van der Waals surface area contributed by atoms with Crippen LogP contribution >= 0.6 is 0 Å². The van der Waals surface area contributed by atoms with E-state index in [4.69, 9.17) is 5.11 Å². The second kappa shape index (κ2) is 8.17. The van der Waals surface area contributed by atoms with Gasteiger partial charge in [0, 0.05) is 25.0 Å². The number of carbonyl (C=O) groups is 2. The fourth-order valence-corrected chi connectivity index (χ4v) is 2.43. The maximum Gasteiger partial charge on any atom is 0.243 e. The fraction of sp³-hybridized carbons (Fsp3) is 0.750. The van der Waals surface area contributed by atoms with E-state index in [9.17, 15) is 9.59 Å². The maximum atomic E-state index is 12.3. The van der Waals surface area contributed by atoms with Gasteiger partial charge in [-0.05, 0) is 18.3 Å². The van der Waals surface area contributed by atoms with E-state index in [1.54, 1.807) is 0 Å². The minimum Gasteiger partial charge on any atom is -0.396 e. The van der Waals surface area contributed by atoms with E-state index in [-0.39, 0.29) is 42.2 Å². The summed E-state index contributed by atoms with van der Waals surface area (Å²) in [5.41, 5.74) is 0. The lowest BCUT2D eigenvalue weighted by Gasteiger charge is -2.24. The Hall–Kier alpha value is -1.36. The van der Waals surface area contributed by atoms with E-state index in [2.05, 4.69) is 10.6 Å². The van der Waals surface area contributed by atoms with Crippen molar-refractivity contribution in [2.24, 2.45) is 17.8 Å². The van der Waals surface area contributed by atoms with Crippen LogP contribution in [0.1, 0.15) is 40.5 Å². The summed E-state index contributed by atoms with van der Waals surface area (Å²) in [5.74, 6) is 0.164. The summed E-state index contributed by atoms with van der Waals surface area (Å²) in [4.78, 5) is 24.2. The molecule has 0 bridgehead atoms. The lowest BCUT2D eigenvalue weighted by molar-refractivity contribution is -0.130. The molecular weight excluding hydrogens is 268 g/mol. The molecule has 0 aromatic carbocycles. The van der Waals surface area contributed by atoms with Crippen molar-refractivity contribution in [3.8, 4) is 0 Å². The molecule has 5 nitrogen and oxygen atoms in total. The molecule has 3 N–H and O–H groups in total. The molecule has 0 saturated heterocycles. The number of rotatable bonds is 7. The number of amides is 2. The summed E-state index contributed by atoms with van der Waals surface area (Å²) in [6, 6.07) is -0.573. The van der Waals surface area contributed by atoms with Gasteiger partial charge < -0.3 is 15.7 Å². The van der Waals surface area contributed by atoms with Crippen LogP contribution in [-0.2, 0) is 9.59 Å². The smallest absolute Gasteiger partial charge is 0.243 e. The largest absolute Gasteiger partial charge is 0.396 e. The molecule has 2 amide bonds. The topological polar surface area (TPSA) is 78.4 Å². The average molecular weight is 296 g/mol. The fourth-order valence-electron chi connectivity index (χ4n) is 2.43. The standard InChI is InChI=1S/C16H28N2O3/c1-10(2)7-14(20)18-15(11(3)4)16(21)17-13-6-5-12(8-13)9-19/h5-6,10-13,15,19H,7-9H2,1-4H3,(H,17,21)(H,18,20)/t12-,13+,15?/m0/s1. The summed E-state index contributed by atoms with van der Waals surface area (Å²) in [7, 11) is 0. The van der Waals surface area contributed by atoms with Crippen molar-refractivity contribution in [1.82, 2.24) is 10.6 Å². The molecule has 0 heterocycles. The number of aliphatic hydroxyl groups excluding tert-OH is 1. The summed E-state index contributed by atoms with van der Waals surface area (Å²) in [6.07, 6.45) is 4.97. The average Bonchev–Trinajstić information content (AvgIpc) is 2.82. The first-order valence-corrected chi connectivity index (χ1v) is 7.72. The van der Waals surface area contributed by atoms with Gasteiger partial charge in [-0.2, -0.15) is 0 Å². The van der Waals surface area contributed by atoms with Crippen molar-refractivity contribution in [1.29, 1.82) is 0 Å². The summed E-state index contributed by atoms with van der Waals surface area (Å²) < 4.78 is 0. The molecule has 0 spiro atoms. The van der Waals surface area contributed by atoms with Gasteiger partial charge in [0.05, 0.1) is 0 Å². The molecule has 0 aliphatic heterocycles. The summed E-state index contributed by atoms with van der Waals surface area (Å²) >= 11 is 0. The zero-order chi connectivity index (χ0) is 16.0. The molecule has 0 fully saturated rings. The van der Waals surface area contributed by atoms with Gasteiger partial charge in [0.1, 0.15) is 6.04 Å². The van der Waals surface area contributed by atoms with Gasteiger partial charge in [-0.3, -0.25) is 9.59 Å². The molecule has 0 aromatic rings. The molecule has 1 rings (SSSR count). The molecule has 0 aromatic heterocycles. The molecular formula is C16H28N2O3. The summed E-state index contributed by atoms with van der Waals surface area (Å²) in [6.45, 7) is 7.88. The zero-order valence-electron chi connectivity index (χ0n) is 13.4. The first-order chi connectivity index (χ1) is 9.83. The zero-order valence-corrected chi connectivity index (χ0v) is 13.4. The highest BCUT2D eigenvalue weighted by Crippen LogP contribution is 2.17. The molecule has 1 aliphatic rings. The normalized spacial score (nSPS) is 22.6. The van der Waals surface area contributed by atoms with Crippen molar-refractivity contribution in [3.05, 3.63) is 12.2 Å². The van der Waals surface area contributed by atoms with Crippen LogP contribution in [0.5, 0.6) is 0 Å². The maximum absolute atomic E-state index is 12.3. The predicted molar refractivity (Wildman–Crippen MR) is 82.5 cm³/mol. The van der Waals surface area contributed by atoms with Crippen LogP contribution in [0.4, 0.5) is 0 Å². The van der Waals surface area contributed by atoms with Crippen LogP contribution in [0.2, 0.25) is 0 Å². The number of hydrogen-bond acceptors (Lipinski definition) is 3. The van der Waals surface area contributed by atoms with E-state index >= 15 is 0 Å². The number of hydrogen-bond donors (Lipinski definition) is 3. The quantitative estimate of drug-likeness (QED) is 0.618. The number of carbonyl (C=O) groups excluding carboxylic acids is 2. The van der Waals surface area contributed by atoms with Gasteiger partial charge in [-0.1, -0.05) is 39.8 Å². The van der Waals surface area contributed by atoms with Crippen molar-refractivity contribution in [3.63, 3.8) is 0 Å². The highest BCUT2D eigenvalue weighted by Gasteiger charge is 2.27. The molecule has 120 valence electrons. The van der Waals surface area contributed by atoms with Crippen LogP contribution in [0.25, 0.3) is 0 Å². The van der Waals surface area contributed by atoms with E-state index in [1.165, 1.54) is 0 Å². The van der Waals surface area contributed by atoms with Crippen molar-refractivity contribution >= 4 is 11.8 Å². The lowest BCUT2D eigenvalue weighted by Crippen LogP contribution is -2.51. The monoisotopic (exact) mass is 296 g/mol. The van der Waals surface area contributed by atoms with E-state index in [0.717, 1.165) is 0 Å². The minimum absolute atomic E-state index is 0.0279. The number of aliphatic hydroxyl groups is 1. The minimum atomic E-state index is -0.516. The van der Waals surface area contributed by atoms with Crippen LogP contribution in [-0.4, -0.2) is 35.6 Å². The highest BCUT2D eigenvalue weighted by atomic mass is 16.3.